The van der Waals surface area contributed by atoms with Crippen LogP contribution in [0.3, 0.4) is 0 Å². The summed E-state index contributed by atoms with van der Waals surface area (Å²) in [5.74, 6) is 0. The number of anilines is 1. The Morgan fingerprint density at radius 1 is 0.889 bits per heavy atom. The molecule has 0 saturated heterocycles. The molecule has 2 N–H and O–H groups in total. The Hall–Kier alpha value is -2.35. The van der Waals surface area contributed by atoms with E-state index in [4.69, 9.17) is 5.73 Å². The highest BCUT2D eigenvalue weighted by Gasteiger charge is 1.99. The summed E-state index contributed by atoms with van der Waals surface area (Å²) in [6, 6.07) is 18.4. The molecule has 18 heavy (non-hydrogen) atoms. The van der Waals surface area contributed by atoms with Crippen LogP contribution in [-0.4, -0.2) is 4.98 Å². The van der Waals surface area contributed by atoms with Crippen molar-refractivity contribution in [2.24, 2.45) is 0 Å². The van der Waals surface area contributed by atoms with Gasteiger partial charge in [-0.1, -0.05) is 36.4 Å². The lowest BCUT2D eigenvalue weighted by Crippen LogP contribution is -1.93. The van der Waals surface area contributed by atoms with Gasteiger partial charge in [-0.05, 0) is 29.1 Å². The number of benzene rings is 2. The predicted molar refractivity (Wildman–Crippen MR) is 75.4 cm³/mol. The highest BCUT2D eigenvalue weighted by atomic mass is 14.7. The Labute approximate surface area is 106 Å². The molecule has 0 saturated carbocycles. The fourth-order valence-electron chi connectivity index (χ4n) is 2.07. The zero-order chi connectivity index (χ0) is 12.4. The molecule has 0 amide bonds. The number of rotatable bonds is 2. The number of nitrogens with two attached hydrogens (primary N) is 1. The molecule has 1 aromatic heterocycles. The van der Waals surface area contributed by atoms with Crippen molar-refractivity contribution in [2.75, 3.05) is 5.73 Å². The molecule has 2 aromatic carbocycles. The van der Waals surface area contributed by atoms with Gasteiger partial charge < -0.3 is 5.73 Å². The van der Waals surface area contributed by atoms with Crippen LogP contribution in [0, 0.1) is 0 Å². The lowest BCUT2D eigenvalue weighted by atomic mass is 10.1. The third-order valence-corrected chi connectivity index (χ3v) is 3.05. The quantitative estimate of drug-likeness (QED) is 0.690. The SMILES string of the molecule is Nc1ccc(Cc2cc3ccccc3cn2)cc1. The summed E-state index contributed by atoms with van der Waals surface area (Å²) >= 11 is 0. The van der Waals surface area contributed by atoms with Crippen molar-refractivity contribution < 1.29 is 0 Å². The standard InChI is InChI=1S/C16H14N2/c17-15-7-5-12(6-8-15)9-16-10-13-3-1-2-4-14(13)11-18-16/h1-8,10-11H,9,17H2. The highest BCUT2D eigenvalue weighted by molar-refractivity contribution is 5.81. The minimum atomic E-state index is 0.797. The van der Waals surface area contributed by atoms with E-state index in [-0.39, 0.29) is 0 Å². The summed E-state index contributed by atoms with van der Waals surface area (Å²) in [4.78, 5) is 4.49. The van der Waals surface area contributed by atoms with Crippen molar-refractivity contribution >= 4 is 16.5 Å². The van der Waals surface area contributed by atoms with Crippen LogP contribution in [0.15, 0.2) is 60.8 Å². The van der Waals surface area contributed by atoms with Gasteiger partial charge in [0.25, 0.3) is 0 Å². The van der Waals surface area contributed by atoms with Gasteiger partial charge in [-0.3, -0.25) is 4.98 Å². The van der Waals surface area contributed by atoms with Crippen molar-refractivity contribution in [1.82, 2.24) is 4.98 Å². The Balaban J connectivity index is 1.92. The van der Waals surface area contributed by atoms with Crippen LogP contribution in [0.4, 0.5) is 5.69 Å². The number of aromatic nitrogens is 1. The Bertz CT molecular complexity index is 672. The Morgan fingerprint density at radius 3 is 2.39 bits per heavy atom. The summed E-state index contributed by atoms with van der Waals surface area (Å²) in [7, 11) is 0. The van der Waals surface area contributed by atoms with E-state index in [0.29, 0.717) is 0 Å². The van der Waals surface area contributed by atoms with Gasteiger partial charge in [-0.25, -0.2) is 0 Å². The summed E-state index contributed by atoms with van der Waals surface area (Å²) in [6.07, 6.45) is 2.77. The van der Waals surface area contributed by atoms with Crippen molar-refractivity contribution in [3.63, 3.8) is 0 Å². The van der Waals surface area contributed by atoms with Crippen molar-refractivity contribution in [3.05, 3.63) is 72.1 Å². The molecule has 0 aliphatic carbocycles. The molecule has 0 aliphatic rings. The largest absolute Gasteiger partial charge is 0.399 e. The third-order valence-electron chi connectivity index (χ3n) is 3.05. The second kappa shape index (κ2) is 4.49. The number of fused-ring (bicyclic) bond motifs is 1. The molecule has 0 atom stereocenters. The van der Waals surface area contributed by atoms with Crippen LogP contribution < -0.4 is 5.73 Å². The molecule has 0 aliphatic heterocycles. The van der Waals surface area contributed by atoms with Crippen molar-refractivity contribution in [2.45, 2.75) is 6.42 Å². The van der Waals surface area contributed by atoms with Gasteiger partial charge in [0.05, 0.1) is 0 Å². The van der Waals surface area contributed by atoms with Gasteiger partial charge >= 0.3 is 0 Å². The number of hydrogen-bond acceptors (Lipinski definition) is 2. The molecule has 0 unspecified atom stereocenters. The molecule has 0 bridgehead atoms. The second-order valence-electron chi connectivity index (χ2n) is 4.44. The van der Waals surface area contributed by atoms with E-state index in [1.165, 1.54) is 16.3 Å². The molecule has 3 aromatic rings. The smallest absolute Gasteiger partial charge is 0.0453 e. The van der Waals surface area contributed by atoms with E-state index in [0.717, 1.165) is 17.8 Å². The molecular formula is C16H14N2. The maximum atomic E-state index is 5.68. The zero-order valence-corrected chi connectivity index (χ0v) is 10.0. The third kappa shape index (κ3) is 2.18. The van der Waals surface area contributed by atoms with E-state index >= 15 is 0 Å². The topological polar surface area (TPSA) is 38.9 Å². The summed E-state index contributed by atoms with van der Waals surface area (Å²) < 4.78 is 0. The highest BCUT2D eigenvalue weighted by Crippen LogP contribution is 2.16. The van der Waals surface area contributed by atoms with Crippen molar-refractivity contribution in [1.29, 1.82) is 0 Å². The van der Waals surface area contributed by atoms with E-state index < -0.39 is 0 Å². The molecule has 0 radical (unpaired) electrons. The first kappa shape index (κ1) is 10.8. The first-order valence-electron chi connectivity index (χ1n) is 5.99. The van der Waals surface area contributed by atoms with Gasteiger partial charge in [0, 0.05) is 29.4 Å². The van der Waals surface area contributed by atoms with Crippen LogP contribution in [-0.2, 0) is 6.42 Å². The lowest BCUT2D eigenvalue weighted by Gasteiger charge is -2.04. The minimum Gasteiger partial charge on any atom is -0.399 e. The van der Waals surface area contributed by atoms with Crippen molar-refractivity contribution in [3.8, 4) is 0 Å². The zero-order valence-electron chi connectivity index (χ0n) is 10.0. The van der Waals surface area contributed by atoms with Gasteiger partial charge in [0.1, 0.15) is 0 Å². The monoisotopic (exact) mass is 234 g/mol. The number of hydrogen-bond donors (Lipinski definition) is 1. The van der Waals surface area contributed by atoms with E-state index in [1.54, 1.807) is 0 Å². The molecule has 0 fully saturated rings. The minimum absolute atomic E-state index is 0.797. The van der Waals surface area contributed by atoms with Crippen LogP contribution in [0.2, 0.25) is 0 Å². The van der Waals surface area contributed by atoms with E-state index in [1.807, 2.05) is 36.5 Å². The van der Waals surface area contributed by atoms with Gasteiger partial charge in [0.2, 0.25) is 0 Å². The first-order valence-corrected chi connectivity index (χ1v) is 5.99. The van der Waals surface area contributed by atoms with Crippen LogP contribution >= 0.6 is 0 Å². The number of pyridine rings is 1. The Kier molecular flexibility index (Phi) is 2.69. The maximum absolute atomic E-state index is 5.68. The van der Waals surface area contributed by atoms with Crippen LogP contribution in [0.25, 0.3) is 10.8 Å². The fraction of sp³-hybridized carbons (Fsp3) is 0.0625. The normalized spacial score (nSPS) is 10.7. The second-order valence-corrected chi connectivity index (χ2v) is 4.44. The maximum Gasteiger partial charge on any atom is 0.0453 e. The predicted octanol–water partition coefficient (Wildman–Crippen LogP) is 3.41. The fourth-order valence-corrected chi connectivity index (χ4v) is 2.07. The molecule has 3 rings (SSSR count). The summed E-state index contributed by atoms with van der Waals surface area (Å²) in [6.45, 7) is 0. The van der Waals surface area contributed by atoms with Gasteiger partial charge in [-0.15, -0.1) is 0 Å². The molecular weight excluding hydrogens is 220 g/mol. The summed E-state index contributed by atoms with van der Waals surface area (Å²) in [5, 5.41) is 2.41. The van der Waals surface area contributed by atoms with E-state index in [9.17, 15) is 0 Å². The van der Waals surface area contributed by atoms with Crippen LogP contribution in [0.1, 0.15) is 11.3 Å². The molecule has 0 spiro atoms. The lowest BCUT2D eigenvalue weighted by molar-refractivity contribution is 1.09. The average Bonchev–Trinajstić information content (AvgIpc) is 2.41. The number of nitrogen functional groups attached to an aromatic ring is 1. The van der Waals surface area contributed by atoms with Gasteiger partial charge in [-0.2, -0.15) is 0 Å². The van der Waals surface area contributed by atoms with Gasteiger partial charge in [0.15, 0.2) is 0 Å². The van der Waals surface area contributed by atoms with Crippen LogP contribution in [0.5, 0.6) is 0 Å². The Morgan fingerprint density at radius 2 is 1.61 bits per heavy atom. The first-order chi connectivity index (χ1) is 8.81. The molecule has 2 heteroatoms. The van der Waals surface area contributed by atoms with E-state index in [2.05, 4.69) is 29.2 Å². The summed E-state index contributed by atoms with van der Waals surface area (Å²) in [5.41, 5.74) is 8.79. The molecule has 2 nitrogen and oxygen atoms in total. The average molecular weight is 234 g/mol. The number of nitrogens with zero attached hydrogens (tertiary/aromatic N) is 1. The molecule has 1 heterocycles. The molecule has 88 valence electrons.